The zero-order valence-electron chi connectivity index (χ0n) is 41.7. The van der Waals surface area contributed by atoms with Crippen LogP contribution in [0.15, 0.2) is 200 Å². The van der Waals surface area contributed by atoms with Gasteiger partial charge < -0.3 is 4.90 Å². The molecular weight excluding hydrogens is 567 g/mol. The minimum atomic E-state index is -0.812. The molecule has 0 N–H and O–H groups in total. The Balaban J connectivity index is 1.36. The first kappa shape index (κ1) is 15.4. The predicted octanol–water partition coefficient (Wildman–Crippen LogP) is 13.0. The standard InChI is InChI=1S/C46H33N/c1-3-11-34(12-4-1)36-21-27-42(28-22-36)47(43-29-23-37(24-30-43)35-13-5-2-6-14-35)44-31-25-38(26-32-44)40-17-9-18-41(33-40)46-20-10-16-39-15-7-8-19-45(39)46/h1-33H/i1D,2D,3D,4D,5D,6D,11D,12D,13D,21D,22D,23D,24D,27D,28D,29D,30D. The van der Waals surface area contributed by atoms with Crippen molar-refractivity contribution in [2.24, 2.45) is 0 Å². The number of hydrogen-bond acceptors (Lipinski definition) is 1. The van der Waals surface area contributed by atoms with Crippen molar-refractivity contribution in [1.29, 1.82) is 0 Å². The highest BCUT2D eigenvalue weighted by atomic mass is 15.1. The SMILES string of the molecule is [2H]c1cc(-c2c([2H])c([2H])c(N(c3ccc(-c4cccc(-c5cccc6ccccc56)c4)cc3)c3c([2H])c([2H])c(-c4c([2H])c([2H])c([2H])c([2H])c4[2H])c([2H])c3[2H])c([2H])c2[2H])c([2H])c([2H])c1[2H]. The lowest BCUT2D eigenvalue weighted by atomic mass is 9.95. The first-order valence-electron chi connectivity index (χ1n) is 23.2. The molecule has 0 fully saturated rings. The molecule has 1 nitrogen and oxygen atoms in total. The fourth-order valence-electron chi connectivity index (χ4n) is 5.40. The second kappa shape index (κ2) is 12.7. The predicted molar refractivity (Wildman–Crippen MR) is 200 cm³/mol. The number of nitrogens with zero attached hydrogens (tertiary/aromatic N) is 1. The number of anilines is 3. The van der Waals surface area contributed by atoms with Crippen LogP contribution in [0.2, 0.25) is 0 Å². The number of fused-ring (bicyclic) bond motifs is 1. The van der Waals surface area contributed by atoms with Crippen LogP contribution in [-0.2, 0) is 0 Å². The Bertz CT molecular complexity index is 3170. The van der Waals surface area contributed by atoms with Crippen molar-refractivity contribution in [3.63, 3.8) is 0 Å². The van der Waals surface area contributed by atoms with Gasteiger partial charge in [0.1, 0.15) is 0 Å². The number of hydrogen-bond donors (Lipinski definition) is 0. The van der Waals surface area contributed by atoms with Crippen LogP contribution in [0.25, 0.3) is 55.3 Å². The molecule has 0 atom stereocenters. The molecule has 0 radical (unpaired) electrons. The molecule has 222 valence electrons. The van der Waals surface area contributed by atoms with Crippen molar-refractivity contribution < 1.29 is 23.3 Å². The Morgan fingerprint density at radius 2 is 0.915 bits per heavy atom. The third-order valence-electron chi connectivity index (χ3n) is 7.66. The molecule has 0 amide bonds. The monoisotopic (exact) mass is 616 g/mol. The molecule has 0 heterocycles. The summed E-state index contributed by atoms with van der Waals surface area (Å²) in [4.78, 5) is 1.04. The fraction of sp³-hybridized carbons (Fsp3) is 0. The summed E-state index contributed by atoms with van der Waals surface area (Å²) in [5.74, 6) is 0. The lowest BCUT2D eigenvalue weighted by Gasteiger charge is -2.26. The first-order chi connectivity index (χ1) is 30.4. The molecule has 0 aliphatic rings. The van der Waals surface area contributed by atoms with Crippen LogP contribution in [0.5, 0.6) is 0 Å². The molecule has 1 heteroatoms. The Morgan fingerprint density at radius 3 is 1.66 bits per heavy atom. The van der Waals surface area contributed by atoms with Gasteiger partial charge in [0.2, 0.25) is 0 Å². The van der Waals surface area contributed by atoms with Crippen molar-refractivity contribution in [3.05, 3.63) is 200 Å². The van der Waals surface area contributed by atoms with Crippen LogP contribution in [0, 0.1) is 0 Å². The molecule has 0 bridgehead atoms. The number of rotatable bonds is 7. The molecular formula is C46H33N. The van der Waals surface area contributed by atoms with Crippen LogP contribution in [0.3, 0.4) is 0 Å². The van der Waals surface area contributed by atoms with Crippen LogP contribution >= 0.6 is 0 Å². The molecule has 0 aliphatic heterocycles. The largest absolute Gasteiger partial charge is 0.311 e. The van der Waals surface area contributed by atoms with E-state index >= 15 is 0 Å². The summed E-state index contributed by atoms with van der Waals surface area (Å²) in [5, 5.41) is 2.13. The average Bonchev–Trinajstić information content (AvgIpc) is 3.30. The second-order valence-corrected chi connectivity index (χ2v) is 10.5. The lowest BCUT2D eigenvalue weighted by Crippen LogP contribution is -2.09. The fourth-order valence-corrected chi connectivity index (χ4v) is 5.40. The van der Waals surface area contributed by atoms with Crippen molar-refractivity contribution in [2.45, 2.75) is 0 Å². The minimum absolute atomic E-state index is 0.0699. The van der Waals surface area contributed by atoms with E-state index < -0.39 is 131 Å². The van der Waals surface area contributed by atoms with Gasteiger partial charge in [-0.15, -0.1) is 0 Å². The van der Waals surface area contributed by atoms with Gasteiger partial charge in [-0.1, -0.05) is 157 Å². The molecule has 8 rings (SSSR count). The van der Waals surface area contributed by atoms with Crippen molar-refractivity contribution in [2.75, 3.05) is 4.90 Å². The van der Waals surface area contributed by atoms with Gasteiger partial charge in [-0.2, -0.15) is 0 Å². The highest BCUT2D eigenvalue weighted by Crippen LogP contribution is 2.38. The smallest absolute Gasteiger partial charge is 0.0645 e. The van der Waals surface area contributed by atoms with E-state index in [0.29, 0.717) is 5.56 Å². The van der Waals surface area contributed by atoms with Gasteiger partial charge in [0.15, 0.2) is 0 Å². The van der Waals surface area contributed by atoms with Gasteiger partial charge in [-0.25, -0.2) is 0 Å². The highest BCUT2D eigenvalue weighted by Gasteiger charge is 2.14. The zero-order valence-corrected chi connectivity index (χ0v) is 24.7. The molecule has 47 heavy (non-hydrogen) atoms. The molecule has 0 aliphatic carbocycles. The molecule has 0 aromatic heterocycles. The van der Waals surface area contributed by atoms with Crippen molar-refractivity contribution >= 4 is 27.8 Å². The molecule has 0 unspecified atom stereocenters. The van der Waals surface area contributed by atoms with Gasteiger partial charge in [0.25, 0.3) is 0 Å². The average molecular weight is 617 g/mol. The van der Waals surface area contributed by atoms with Gasteiger partial charge in [0.05, 0.1) is 23.3 Å². The highest BCUT2D eigenvalue weighted by molar-refractivity contribution is 5.97. The van der Waals surface area contributed by atoms with Gasteiger partial charge in [-0.05, 0) is 97.6 Å². The minimum Gasteiger partial charge on any atom is -0.311 e. The molecule has 8 aromatic carbocycles. The lowest BCUT2D eigenvalue weighted by molar-refractivity contribution is 1.28. The number of benzene rings is 8. The van der Waals surface area contributed by atoms with Gasteiger partial charge in [-0.3, -0.25) is 0 Å². The van der Waals surface area contributed by atoms with E-state index in [1.165, 1.54) is 0 Å². The summed E-state index contributed by atoms with van der Waals surface area (Å²) in [6.07, 6.45) is 0. The molecule has 0 saturated heterocycles. The third-order valence-corrected chi connectivity index (χ3v) is 7.66. The summed E-state index contributed by atoms with van der Waals surface area (Å²) in [6.45, 7) is 0. The Hall–Kier alpha value is -6.18. The first-order valence-corrected chi connectivity index (χ1v) is 14.7. The van der Waals surface area contributed by atoms with Crippen molar-refractivity contribution in [3.8, 4) is 44.5 Å². The zero-order chi connectivity index (χ0) is 46.2. The normalized spacial score (nSPS) is 16.0. The summed E-state index contributed by atoms with van der Waals surface area (Å²) < 4.78 is 148. The van der Waals surface area contributed by atoms with E-state index in [4.69, 9.17) is 17.8 Å². The van der Waals surface area contributed by atoms with E-state index in [2.05, 4.69) is 0 Å². The summed E-state index contributed by atoms with van der Waals surface area (Å²) in [6, 6.07) is 17.1. The molecule has 0 spiro atoms. The van der Waals surface area contributed by atoms with Crippen LogP contribution in [0.4, 0.5) is 17.1 Å². The maximum absolute atomic E-state index is 9.32. The van der Waals surface area contributed by atoms with Gasteiger partial charge in [0, 0.05) is 17.1 Å². The van der Waals surface area contributed by atoms with Gasteiger partial charge >= 0.3 is 0 Å². The van der Waals surface area contributed by atoms with Crippen LogP contribution in [-0.4, -0.2) is 0 Å². The van der Waals surface area contributed by atoms with Crippen LogP contribution < -0.4 is 4.90 Å². The summed E-state index contributed by atoms with van der Waals surface area (Å²) >= 11 is 0. The van der Waals surface area contributed by atoms with E-state index in [9.17, 15) is 5.48 Å². The van der Waals surface area contributed by atoms with E-state index in [1.807, 2.05) is 66.7 Å². The molecule has 0 saturated carbocycles. The molecule has 8 aromatic rings. The van der Waals surface area contributed by atoms with E-state index in [-0.39, 0.29) is 11.3 Å². The Labute approximate surface area is 300 Å². The summed E-state index contributed by atoms with van der Waals surface area (Å²) in [7, 11) is 0. The summed E-state index contributed by atoms with van der Waals surface area (Å²) in [5.41, 5.74) is 0.542. The quantitative estimate of drug-likeness (QED) is 0.172. The maximum atomic E-state index is 9.32. The van der Waals surface area contributed by atoms with E-state index in [0.717, 1.165) is 38.4 Å². The van der Waals surface area contributed by atoms with E-state index in [1.54, 1.807) is 24.3 Å². The topological polar surface area (TPSA) is 3.24 Å². The Morgan fingerprint density at radius 1 is 0.340 bits per heavy atom. The second-order valence-electron chi connectivity index (χ2n) is 10.5. The third kappa shape index (κ3) is 5.83. The Kier molecular flexibility index (Phi) is 4.15. The maximum Gasteiger partial charge on any atom is 0.0645 e. The van der Waals surface area contributed by atoms with Crippen LogP contribution in [0.1, 0.15) is 23.3 Å². The van der Waals surface area contributed by atoms with Crippen molar-refractivity contribution in [1.82, 2.24) is 0 Å².